The summed E-state index contributed by atoms with van der Waals surface area (Å²) in [5.74, 6) is -0.928. The highest BCUT2D eigenvalue weighted by molar-refractivity contribution is 5.89. The van der Waals surface area contributed by atoms with Gasteiger partial charge in [0.2, 0.25) is 0 Å². The number of benzene rings is 1. The molecule has 1 atom stereocenters. The van der Waals surface area contributed by atoms with Crippen LogP contribution >= 0.6 is 0 Å². The maximum absolute atomic E-state index is 12.2. The van der Waals surface area contributed by atoms with Crippen molar-refractivity contribution in [1.29, 1.82) is 0 Å². The molecule has 4 N–H and O–H groups in total. The quantitative estimate of drug-likeness (QED) is 0.618. The SMILES string of the molecule is CC(O)(CNC(=O)Nc1cc(C(C)(C)C)nn1Cc1ccccc1)C(=O)O. The van der Waals surface area contributed by atoms with Crippen molar-refractivity contribution in [2.75, 3.05) is 11.9 Å². The van der Waals surface area contributed by atoms with Crippen molar-refractivity contribution >= 4 is 17.8 Å². The minimum Gasteiger partial charge on any atom is -0.479 e. The van der Waals surface area contributed by atoms with Crippen molar-refractivity contribution in [2.24, 2.45) is 0 Å². The van der Waals surface area contributed by atoms with Gasteiger partial charge >= 0.3 is 12.0 Å². The Morgan fingerprint density at radius 3 is 2.33 bits per heavy atom. The number of amides is 2. The number of urea groups is 1. The molecule has 0 aliphatic rings. The molecular formula is C19H26N4O4. The van der Waals surface area contributed by atoms with E-state index in [1.165, 1.54) is 0 Å². The summed E-state index contributed by atoms with van der Waals surface area (Å²) in [6.07, 6.45) is 0. The highest BCUT2D eigenvalue weighted by Gasteiger charge is 2.30. The Kier molecular flexibility index (Phi) is 5.90. The second kappa shape index (κ2) is 7.79. The van der Waals surface area contributed by atoms with Crippen LogP contribution in [0.4, 0.5) is 10.6 Å². The van der Waals surface area contributed by atoms with E-state index in [2.05, 4.69) is 15.7 Å². The monoisotopic (exact) mass is 374 g/mol. The first-order valence-corrected chi connectivity index (χ1v) is 8.62. The third-order valence-electron chi connectivity index (χ3n) is 4.02. The van der Waals surface area contributed by atoms with Gasteiger partial charge in [-0.2, -0.15) is 5.10 Å². The zero-order valence-corrected chi connectivity index (χ0v) is 16.0. The number of anilines is 1. The van der Waals surface area contributed by atoms with Crippen molar-refractivity contribution in [3.8, 4) is 0 Å². The van der Waals surface area contributed by atoms with Crippen LogP contribution in [0.3, 0.4) is 0 Å². The molecule has 146 valence electrons. The lowest BCUT2D eigenvalue weighted by Gasteiger charge is -2.18. The topological polar surface area (TPSA) is 116 Å². The number of carbonyl (C=O) groups is 2. The van der Waals surface area contributed by atoms with E-state index in [4.69, 9.17) is 5.11 Å². The van der Waals surface area contributed by atoms with Crippen molar-refractivity contribution in [3.05, 3.63) is 47.7 Å². The van der Waals surface area contributed by atoms with Gasteiger partial charge in [0.15, 0.2) is 5.60 Å². The molecule has 1 unspecified atom stereocenters. The first kappa shape index (κ1) is 20.4. The van der Waals surface area contributed by atoms with Gasteiger partial charge in [-0.25, -0.2) is 14.3 Å². The van der Waals surface area contributed by atoms with E-state index in [1.807, 2.05) is 51.1 Å². The van der Waals surface area contributed by atoms with E-state index in [-0.39, 0.29) is 5.41 Å². The zero-order valence-electron chi connectivity index (χ0n) is 16.0. The number of carboxylic acid groups (broad SMARTS) is 1. The normalized spacial score (nSPS) is 13.7. The van der Waals surface area contributed by atoms with E-state index in [1.54, 1.807) is 10.7 Å². The number of aliphatic hydroxyl groups is 1. The summed E-state index contributed by atoms with van der Waals surface area (Å²) in [4.78, 5) is 23.1. The van der Waals surface area contributed by atoms with Crippen LogP contribution in [0.25, 0.3) is 0 Å². The van der Waals surface area contributed by atoms with Crippen molar-refractivity contribution < 1.29 is 19.8 Å². The smallest absolute Gasteiger partial charge is 0.337 e. The van der Waals surface area contributed by atoms with Gasteiger partial charge < -0.3 is 15.5 Å². The molecule has 0 saturated carbocycles. The summed E-state index contributed by atoms with van der Waals surface area (Å²) in [5.41, 5.74) is -0.412. The van der Waals surface area contributed by atoms with E-state index in [0.29, 0.717) is 12.4 Å². The van der Waals surface area contributed by atoms with Crippen molar-refractivity contribution in [3.63, 3.8) is 0 Å². The standard InChI is InChI=1S/C19H26N4O4/c1-18(2,3)14-10-15(21-17(26)20-12-19(4,27)16(24)25)23(22-14)11-13-8-6-5-7-9-13/h5-10,27H,11-12H2,1-4H3,(H,24,25)(H2,20,21,26). The average molecular weight is 374 g/mol. The van der Waals surface area contributed by atoms with Crippen LogP contribution in [0.5, 0.6) is 0 Å². The Hall–Kier alpha value is -2.87. The summed E-state index contributed by atoms with van der Waals surface area (Å²) >= 11 is 0. The van der Waals surface area contributed by atoms with E-state index >= 15 is 0 Å². The van der Waals surface area contributed by atoms with Crippen LogP contribution in [-0.4, -0.2) is 44.1 Å². The molecule has 0 saturated heterocycles. The van der Waals surface area contributed by atoms with Crippen molar-refractivity contribution in [2.45, 2.75) is 45.3 Å². The Morgan fingerprint density at radius 1 is 1.15 bits per heavy atom. The largest absolute Gasteiger partial charge is 0.479 e. The fourth-order valence-corrected chi connectivity index (χ4v) is 2.25. The summed E-state index contributed by atoms with van der Waals surface area (Å²) in [5, 5.41) is 28.3. The Bertz CT molecular complexity index is 807. The lowest BCUT2D eigenvalue weighted by molar-refractivity contribution is -0.155. The van der Waals surface area contributed by atoms with Crippen LogP contribution in [0, 0.1) is 0 Å². The number of nitrogens with zero attached hydrogens (tertiary/aromatic N) is 2. The van der Waals surface area contributed by atoms with Gasteiger partial charge in [-0.05, 0) is 12.5 Å². The zero-order chi connectivity index (χ0) is 20.2. The minimum absolute atomic E-state index is 0.207. The van der Waals surface area contributed by atoms with Gasteiger partial charge in [0.05, 0.1) is 18.8 Å². The molecule has 2 aromatic rings. The maximum atomic E-state index is 12.2. The molecule has 2 rings (SSSR count). The summed E-state index contributed by atoms with van der Waals surface area (Å²) in [6.45, 7) is 7.24. The molecule has 0 aliphatic heterocycles. The van der Waals surface area contributed by atoms with Crippen LogP contribution in [0.2, 0.25) is 0 Å². The van der Waals surface area contributed by atoms with Gasteiger partial charge in [0, 0.05) is 11.5 Å². The number of aliphatic carboxylic acids is 1. The molecule has 27 heavy (non-hydrogen) atoms. The molecular weight excluding hydrogens is 348 g/mol. The second-order valence-electron chi connectivity index (χ2n) is 7.69. The lowest BCUT2D eigenvalue weighted by Crippen LogP contribution is -2.47. The third-order valence-corrected chi connectivity index (χ3v) is 4.02. The fourth-order valence-electron chi connectivity index (χ4n) is 2.25. The molecule has 0 fully saturated rings. The highest BCUT2D eigenvalue weighted by atomic mass is 16.4. The number of aromatic nitrogens is 2. The molecule has 2 amide bonds. The summed E-state index contributed by atoms with van der Waals surface area (Å²) < 4.78 is 1.69. The van der Waals surface area contributed by atoms with Crippen LogP contribution in [0.1, 0.15) is 39.0 Å². The predicted octanol–water partition coefficient (Wildman–Crippen LogP) is 2.19. The number of rotatable bonds is 6. The third kappa shape index (κ3) is 5.55. The number of nitrogens with one attached hydrogen (secondary N) is 2. The maximum Gasteiger partial charge on any atom is 0.337 e. The molecule has 8 heteroatoms. The van der Waals surface area contributed by atoms with Gasteiger partial charge in [-0.1, -0.05) is 51.1 Å². The molecule has 1 aromatic heterocycles. The van der Waals surface area contributed by atoms with Gasteiger partial charge in [0.25, 0.3) is 0 Å². The molecule has 0 aliphatic carbocycles. The first-order valence-electron chi connectivity index (χ1n) is 8.62. The van der Waals surface area contributed by atoms with E-state index < -0.39 is 24.1 Å². The van der Waals surface area contributed by atoms with Crippen LogP contribution in [0.15, 0.2) is 36.4 Å². The molecule has 8 nitrogen and oxygen atoms in total. The Morgan fingerprint density at radius 2 is 1.78 bits per heavy atom. The first-order chi connectivity index (χ1) is 12.5. The van der Waals surface area contributed by atoms with E-state index in [0.717, 1.165) is 18.2 Å². The number of hydrogen-bond acceptors (Lipinski definition) is 4. The van der Waals surface area contributed by atoms with Crippen LogP contribution < -0.4 is 10.6 Å². The molecule has 1 aromatic carbocycles. The Labute approximate surface area is 158 Å². The fraction of sp³-hybridized carbons (Fsp3) is 0.421. The molecule has 1 heterocycles. The van der Waals surface area contributed by atoms with Gasteiger partial charge in [0.1, 0.15) is 5.82 Å². The van der Waals surface area contributed by atoms with Crippen LogP contribution in [-0.2, 0) is 16.8 Å². The minimum atomic E-state index is -2.04. The van der Waals surface area contributed by atoms with Crippen molar-refractivity contribution in [1.82, 2.24) is 15.1 Å². The summed E-state index contributed by atoms with van der Waals surface area (Å²) in [7, 11) is 0. The number of carboxylic acids is 1. The highest BCUT2D eigenvalue weighted by Crippen LogP contribution is 2.24. The predicted molar refractivity (Wildman–Crippen MR) is 102 cm³/mol. The molecule has 0 bridgehead atoms. The average Bonchev–Trinajstić information content (AvgIpc) is 2.97. The van der Waals surface area contributed by atoms with Gasteiger partial charge in [-0.15, -0.1) is 0 Å². The van der Waals surface area contributed by atoms with Gasteiger partial charge in [-0.3, -0.25) is 5.32 Å². The second-order valence-corrected chi connectivity index (χ2v) is 7.69. The lowest BCUT2D eigenvalue weighted by atomic mass is 9.92. The Balaban J connectivity index is 2.17. The number of carbonyl (C=O) groups excluding carboxylic acids is 1. The molecule has 0 radical (unpaired) electrons. The van der Waals surface area contributed by atoms with E-state index in [9.17, 15) is 14.7 Å². The molecule has 0 spiro atoms. The summed E-state index contributed by atoms with van der Waals surface area (Å²) in [6, 6.07) is 10.9. The number of hydrogen-bond donors (Lipinski definition) is 4.